The predicted molar refractivity (Wildman–Crippen MR) is 68.0 cm³/mol. The van der Waals surface area contributed by atoms with E-state index in [9.17, 15) is 13.2 Å². The minimum atomic E-state index is -4.14. The van der Waals surface area contributed by atoms with E-state index in [-0.39, 0.29) is 13.0 Å². The molecular weight excluding hydrogens is 281 g/mol. The first-order valence-electron chi connectivity index (χ1n) is 5.97. The quantitative estimate of drug-likeness (QED) is 0.543. The highest BCUT2D eigenvalue weighted by molar-refractivity contribution is 6.17. The van der Waals surface area contributed by atoms with Gasteiger partial charge in [0.2, 0.25) is 0 Å². The Balaban J connectivity index is 2.56. The van der Waals surface area contributed by atoms with E-state index in [1.54, 1.807) is 18.2 Å². The number of alkyl halides is 4. The van der Waals surface area contributed by atoms with Crippen LogP contribution in [0, 0.1) is 0 Å². The molecule has 0 unspecified atom stereocenters. The number of hydrogen-bond donors (Lipinski definition) is 0. The molecule has 0 N–H and O–H groups in total. The lowest BCUT2D eigenvalue weighted by Crippen LogP contribution is -2.10. The maximum atomic E-state index is 12.0. The molecule has 0 heterocycles. The predicted octanol–water partition coefficient (Wildman–Crippen LogP) is 4.55. The molecule has 108 valence electrons. The van der Waals surface area contributed by atoms with Gasteiger partial charge < -0.3 is 9.47 Å². The fourth-order valence-electron chi connectivity index (χ4n) is 1.48. The summed E-state index contributed by atoms with van der Waals surface area (Å²) in [7, 11) is 0. The van der Waals surface area contributed by atoms with E-state index in [1.807, 2.05) is 6.92 Å². The lowest BCUT2D eigenvalue weighted by atomic mass is 10.2. The second kappa shape index (κ2) is 7.48. The standard InChI is InChI=1S/C13H16ClF3O2/c1-2-18-12-8-10(9-14)4-5-11(12)19-7-3-6-13(15,16)17/h4-5,8H,2-3,6-7,9H2,1H3. The first kappa shape index (κ1) is 16.0. The number of benzene rings is 1. The van der Waals surface area contributed by atoms with Crippen LogP contribution in [0.15, 0.2) is 18.2 Å². The summed E-state index contributed by atoms with van der Waals surface area (Å²) in [5.41, 5.74) is 0.868. The zero-order chi connectivity index (χ0) is 14.3. The molecular formula is C13H16ClF3O2. The molecule has 0 bridgehead atoms. The summed E-state index contributed by atoms with van der Waals surface area (Å²) in [6.07, 6.45) is -5.07. The van der Waals surface area contributed by atoms with Crippen LogP contribution in [0.5, 0.6) is 11.5 Å². The molecule has 2 nitrogen and oxygen atoms in total. The van der Waals surface area contributed by atoms with Crippen molar-refractivity contribution in [3.05, 3.63) is 23.8 Å². The van der Waals surface area contributed by atoms with Gasteiger partial charge in [0.05, 0.1) is 13.2 Å². The highest BCUT2D eigenvalue weighted by Gasteiger charge is 2.26. The Labute approximate surface area is 115 Å². The smallest absolute Gasteiger partial charge is 0.389 e. The van der Waals surface area contributed by atoms with Crippen LogP contribution < -0.4 is 9.47 Å². The van der Waals surface area contributed by atoms with Crippen LogP contribution in [-0.4, -0.2) is 19.4 Å². The topological polar surface area (TPSA) is 18.5 Å². The zero-order valence-electron chi connectivity index (χ0n) is 10.6. The van der Waals surface area contributed by atoms with Gasteiger partial charge in [-0.15, -0.1) is 11.6 Å². The Kier molecular flexibility index (Phi) is 6.28. The van der Waals surface area contributed by atoms with Crippen LogP contribution in [0.2, 0.25) is 0 Å². The lowest BCUT2D eigenvalue weighted by molar-refractivity contribution is -0.136. The number of halogens is 4. The SMILES string of the molecule is CCOc1cc(CCl)ccc1OCCCC(F)(F)F. The summed E-state index contributed by atoms with van der Waals surface area (Å²) < 4.78 is 46.6. The monoisotopic (exact) mass is 296 g/mol. The van der Waals surface area contributed by atoms with Crippen molar-refractivity contribution in [2.24, 2.45) is 0 Å². The van der Waals surface area contributed by atoms with Gasteiger partial charge in [-0.05, 0) is 31.0 Å². The first-order chi connectivity index (χ1) is 8.96. The minimum absolute atomic E-state index is 0.000193. The van der Waals surface area contributed by atoms with Gasteiger partial charge in [0.25, 0.3) is 0 Å². The van der Waals surface area contributed by atoms with Gasteiger partial charge in [0, 0.05) is 12.3 Å². The summed E-state index contributed by atoms with van der Waals surface area (Å²) in [5.74, 6) is 1.29. The molecule has 0 aliphatic heterocycles. The number of rotatable bonds is 7. The van der Waals surface area contributed by atoms with Gasteiger partial charge >= 0.3 is 6.18 Å². The van der Waals surface area contributed by atoms with E-state index in [2.05, 4.69) is 0 Å². The van der Waals surface area contributed by atoms with Gasteiger partial charge in [0.15, 0.2) is 11.5 Å². The molecule has 1 aromatic rings. The molecule has 0 fully saturated rings. The van der Waals surface area contributed by atoms with Gasteiger partial charge in [-0.1, -0.05) is 6.07 Å². The molecule has 0 aliphatic rings. The van der Waals surface area contributed by atoms with E-state index in [4.69, 9.17) is 21.1 Å². The van der Waals surface area contributed by atoms with Crippen LogP contribution in [0.4, 0.5) is 13.2 Å². The van der Waals surface area contributed by atoms with Crippen molar-refractivity contribution < 1.29 is 22.6 Å². The maximum absolute atomic E-state index is 12.0. The molecule has 19 heavy (non-hydrogen) atoms. The molecule has 6 heteroatoms. The van der Waals surface area contributed by atoms with Crippen LogP contribution in [0.25, 0.3) is 0 Å². The molecule has 0 amide bonds. The summed E-state index contributed by atoms with van der Waals surface area (Å²) in [6, 6.07) is 5.15. The molecule has 0 aliphatic carbocycles. The largest absolute Gasteiger partial charge is 0.490 e. The molecule has 0 saturated carbocycles. The second-order valence-corrected chi connectivity index (χ2v) is 4.18. The average Bonchev–Trinajstić information content (AvgIpc) is 2.35. The van der Waals surface area contributed by atoms with Crippen molar-refractivity contribution in [3.63, 3.8) is 0 Å². The second-order valence-electron chi connectivity index (χ2n) is 3.91. The van der Waals surface area contributed by atoms with E-state index in [0.29, 0.717) is 24.0 Å². The third-order valence-electron chi connectivity index (χ3n) is 2.32. The van der Waals surface area contributed by atoms with E-state index < -0.39 is 12.6 Å². The Hall–Kier alpha value is -1.10. The van der Waals surface area contributed by atoms with Crippen molar-refractivity contribution in [2.75, 3.05) is 13.2 Å². The van der Waals surface area contributed by atoms with Crippen molar-refractivity contribution >= 4 is 11.6 Å². The summed E-state index contributed by atoms with van der Waals surface area (Å²) in [5, 5.41) is 0. The molecule has 1 aromatic carbocycles. The fourth-order valence-corrected chi connectivity index (χ4v) is 1.64. The van der Waals surface area contributed by atoms with Crippen LogP contribution in [0.3, 0.4) is 0 Å². The summed E-state index contributed by atoms with van der Waals surface area (Å²) >= 11 is 5.71. The molecule has 0 spiro atoms. The van der Waals surface area contributed by atoms with Gasteiger partial charge in [-0.25, -0.2) is 0 Å². The third-order valence-corrected chi connectivity index (χ3v) is 2.63. The van der Waals surface area contributed by atoms with Crippen LogP contribution in [0.1, 0.15) is 25.3 Å². The fraction of sp³-hybridized carbons (Fsp3) is 0.538. The maximum Gasteiger partial charge on any atom is 0.389 e. The molecule has 1 rings (SSSR count). The summed E-state index contributed by atoms with van der Waals surface area (Å²) in [6.45, 7) is 2.27. The average molecular weight is 297 g/mol. The normalized spacial score (nSPS) is 11.4. The van der Waals surface area contributed by atoms with Crippen LogP contribution in [-0.2, 0) is 5.88 Å². The van der Waals surface area contributed by atoms with Gasteiger partial charge in [-0.3, -0.25) is 0 Å². The minimum Gasteiger partial charge on any atom is -0.490 e. The molecule has 0 radical (unpaired) electrons. The summed E-state index contributed by atoms with van der Waals surface area (Å²) in [4.78, 5) is 0. The highest BCUT2D eigenvalue weighted by Crippen LogP contribution is 2.29. The molecule has 0 atom stereocenters. The van der Waals surface area contributed by atoms with Crippen molar-refractivity contribution in [2.45, 2.75) is 31.8 Å². The van der Waals surface area contributed by atoms with Crippen LogP contribution >= 0.6 is 11.6 Å². The Bertz CT molecular complexity index is 394. The van der Waals surface area contributed by atoms with E-state index >= 15 is 0 Å². The lowest BCUT2D eigenvalue weighted by Gasteiger charge is -2.13. The van der Waals surface area contributed by atoms with Crippen molar-refractivity contribution in [1.29, 1.82) is 0 Å². The van der Waals surface area contributed by atoms with Crippen molar-refractivity contribution in [1.82, 2.24) is 0 Å². The molecule has 0 saturated heterocycles. The van der Waals surface area contributed by atoms with E-state index in [1.165, 1.54) is 0 Å². The molecule has 0 aromatic heterocycles. The first-order valence-corrected chi connectivity index (χ1v) is 6.51. The van der Waals surface area contributed by atoms with E-state index in [0.717, 1.165) is 5.56 Å². The Morgan fingerprint density at radius 3 is 2.47 bits per heavy atom. The van der Waals surface area contributed by atoms with Gasteiger partial charge in [0.1, 0.15) is 0 Å². The van der Waals surface area contributed by atoms with Gasteiger partial charge in [-0.2, -0.15) is 13.2 Å². The Morgan fingerprint density at radius 1 is 1.16 bits per heavy atom. The number of hydrogen-bond acceptors (Lipinski definition) is 2. The third kappa shape index (κ3) is 6.05. The highest BCUT2D eigenvalue weighted by atomic mass is 35.5. The Morgan fingerprint density at radius 2 is 1.89 bits per heavy atom. The zero-order valence-corrected chi connectivity index (χ0v) is 11.4. The van der Waals surface area contributed by atoms with Crippen molar-refractivity contribution in [3.8, 4) is 11.5 Å². The number of ether oxygens (including phenoxy) is 2.